The maximum atomic E-state index is 12.4. The van der Waals surface area contributed by atoms with Gasteiger partial charge in [-0.1, -0.05) is 6.07 Å². The van der Waals surface area contributed by atoms with Crippen molar-refractivity contribution in [3.8, 4) is 0 Å². The molecule has 0 saturated carbocycles. The number of aromatic nitrogens is 1. The molecule has 1 heterocycles. The van der Waals surface area contributed by atoms with Gasteiger partial charge in [-0.25, -0.2) is 13.4 Å². The molecule has 1 aromatic heterocycles. The van der Waals surface area contributed by atoms with Crippen LogP contribution in [0.5, 0.6) is 0 Å². The molecular weight excluding hydrogens is 282 g/mol. The van der Waals surface area contributed by atoms with E-state index in [4.69, 9.17) is 0 Å². The third kappa shape index (κ3) is 4.17. The standard InChI is InChI=1S/C12H21N3O2S2/c1-10(9-18-4)15(3)19(16,17)12-6-5-11(7-13-2)8-14-12/h5-6,8,10,13H,7,9H2,1-4H3. The molecule has 1 aromatic rings. The van der Waals surface area contributed by atoms with Gasteiger partial charge in [0.25, 0.3) is 10.0 Å². The Balaban J connectivity index is 2.93. The van der Waals surface area contributed by atoms with Gasteiger partial charge >= 0.3 is 0 Å². The van der Waals surface area contributed by atoms with Crippen LogP contribution >= 0.6 is 11.8 Å². The van der Waals surface area contributed by atoms with Crippen LogP contribution in [0.3, 0.4) is 0 Å². The van der Waals surface area contributed by atoms with E-state index < -0.39 is 10.0 Å². The van der Waals surface area contributed by atoms with Crippen molar-refractivity contribution >= 4 is 21.8 Å². The number of thioether (sulfide) groups is 1. The van der Waals surface area contributed by atoms with E-state index in [2.05, 4.69) is 10.3 Å². The third-order valence-corrected chi connectivity index (χ3v) is 5.55. The molecule has 0 aliphatic heterocycles. The van der Waals surface area contributed by atoms with E-state index in [1.165, 1.54) is 4.31 Å². The van der Waals surface area contributed by atoms with E-state index in [1.807, 2.05) is 20.2 Å². The van der Waals surface area contributed by atoms with Gasteiger partial charge in [0.15, 0.2) is 5.03 Å². The summed E-state index contributed by atoms with van der Waals surface area (Å²) >= 11 is 1.62. The van der Waals surface area contributed by atoms with Gasteiger partial charge < -0.3 is 5.32 Å². The molecule has 0 spiro atoms. The Kier molecular flexibility index (Phi) is 6.25. The fourth-order valence-corrected chi connectivity index (χ4v) is 3.67. The second-order valence-electron chi connectivity index (χ2n) is 4.36. The number of hydrogen-bond acceptors (Lipinski definition) is 5. The predicted octanol–water partition coefficient (Wildman–Crippen LogP) is 1.17. The van der Waals surface area contributed by atoms with E-state index in [-0.39, 0.29) is 11.1 Å². The highest BCUT2D eigenvalue weighted by Crippen LogP contribution is 2.16. The zero-order valence-electron chi connectivity index (χ0n) is 11.8. The van der Waals surface area contributed by atoms with Crippen molar-refractivity contribution < 1.29 is 8.42 Å². The number of rotatable bonds is 7. The average Bonchev–Trinajstić information content (AvgIpc) is 2.39. The summed E-state index contributed by atoms with van der Waals surface area (Å²) in [6.45, 7) is 2.56. The Hall–Kier alpha value is -0.630. The van der Waals surface area contributed by atoms with Crippen LogP contribution < -0.4 is 5.32 Å². The maximum absolute atomic E-state index is 12.4. The fourth-order valence-electron chi connectivity index (χ4n) is 1.60. The predicted molar refractivity (Wildman–Crippen MR) is 79.8 cm³/mol. The van der Waals surface area contributed by atoms with Crippen molar-refractivity contribution in [1.82, 2.24) is 14.6 Å². The Morgan fingerprint density at radius 3 is 2.63 bits per heavy atom. The van der Waals surface area contributed by atoms with Gasteiger partial charge in [0.05, 0.1) is 0 Å². The minimum Gasteiger partial charge on any atom is -0.316 e. The van der Waals surface area contributed by atoms with Crippen molar-refractivity contribution in [1.29, 1.82) is 0 Å². The van der Waals surface area contributed by atoms with Crippen LogP contribution in [0.25, 0.3) is 0 Å². The van der Waals surface area contributed by atoms with Crippen LogP contribution in [0, 0.1) is 0 Å². The molecule has 1 atom stereocenters. The lowest BCUT2D eigenvalue weighted by molar-refractivity contribution is 0.413. The second-order valence-corrected chi connectivity index (χ2v) is 7.22. The molecule has 1 unspecified atom stereocenters. The summed E-state index contributed by atoms with van der Waals surface area (Å²) in [5, 5.41) is 3.10. The van der Waals surface area contributed by atoms with Crippen molar-refractivity contribution in [2.75, 3.05) is 26.1 Å². The number of sulfonamides is 1. The lowest BCUT2D eigenvalue weighted by Crippen LogP contribution is -2.37. The summed E-state index contributed by atoms with van der Waals surface area (Å²) in [6, 6.07) is 3.28. The van der Waals surface area contributed by atoms with E-state index in [0.717, 1.165) is 11.3 Å². The van der Waals surface area contributed by atoms with E-state index in [1.54, 1.807) is 37.1 Å². The van der Waals surface area contributed by atoms with E-state index in [0.29, 0.717) is 6.54 Å². The highest BCUT2D eigenvalue weighted by Gasteiger charge is 2.26. The van der Waals surface area contributed by atoms with Gasteiger partial charge in [-0.15, -0.1) is 0 Å². The normalized spacial score (nSPS) is 13.7. The molecule has 0 bridgehead atoms. The summed E-state index contributed by atoms with van der Waals surface area (Å²) in [4.78, 5) is 4.06. The smallest absolute Gasteiger partial charge is 0.260 e. The highest BCUT2D eigenvalue weighted by molar-refractivity contribution is 7.98. The number of nitrogens with zero attached hydrogens (tertiary/aromatic N) is 2. The van der Waals surface area contributed by atoms with Crippen LogP contribution in [0.1, 0.15) is 12.5 Å². The molecule has 0 aromatic carbocycles. The molecule has 1 rings (SSSR count). The van der Waals surface area contributed by atoms with Crippen molar-refractivity contribution in [3.63, 3.8) is 0 Å². The first-order chi connectivity index (χ1) is 8.93. The van der Waals surface area contributed by atoms with Gasteiger partial charge in [0, 0.05) is 31.6 Å². The Morgan fingerprint density at radius 1 is 1.47 bits per heavy atom. The van der Waals surface area contributed by atoms with E-state index >= 15 is 0 Å². The molecule has 19 heavy (non-hydrogen) atoms. The Bertz CT molecular complexity index is 488. The van der Waals surface area contributed by atoms with Crippen molar-refractivity contribution in [3.05, 3.63) is 23.9 Å². The van der Waals surface area contributed by atoms with Gasteiger partial charge in [-0.05, 0) is 31.9 Å². The number of hydrogen-bond donors (Lipinski definition) is 1. The molecule has 0 fully saturated rings. The number of pyridine rings is 1. The highest BCUT2D eigenvalue weighted by atomic mass is 32.2. The Morgan fingerprint density at radius 2 is 2.16 bits per heavy atom. The van der Waals surface area contributed by atoms with E-state index in [9.17, 15) is 8.42 Å². The first-order valence-corrected chi connectivity index (χ1v) is 8.83. The minimum atomic E-state index is -3.50. The van der Waals surface area contributed by atoms with Crippen LogP contribution in [0.4, 0.5) is 0 Å². The zero-order valence-corrected chi connectivity index (χ0v) is 13.4. The molecular formula is C12H21N3O2S2. The summed E-state index contributed by atoms with van der Waals surface area (Å²) in [5.74, 6) is 0.758. The van der Waals surface area contributed by atoms with Crippen molar-refractivity contribution in [2.24, 2.45) is 0 Å². The zero-order chi connectivity index (χ0) is 14.5. The third-order valence-electron chi connectivity index (χ3n) is 2.85. The summed E-state index contributed by atoms with van der Waals surface area (Å²) in [7, 11) is -0.0712. The maximum Gasteiger partial charge on any atom is 0.260 e. The molecule has 108 valence electrons. The topological polar surface area (TPSA) is 62.3 Å². The molecule has 0 saturated heterocycles. The summed E-state index contributed by atoms with van der Waals surface area (Å²) < 4.78 is 26.1. The Labute approximate surface area is 119 Å². The molecule has 0 radical (unpaired) electrons. The average molecular weight is 303 g/mol. The monoisotopic (exact) mass is 303 g/mol. The molecule has 0 amide bonds. The van der Waals surface area contributed by atoms with Crippen LogP contribution in [-0.2, 0) is 16.6 Å². The van der Waals surface area contributed by atoms with Gasteiger partial charge in [0.1, 0.15) is 0 Å². The van der Waals surface area contributed by atoms with Gasteiger partial charge in [0.2, 0.25) is 0 Å². The van der Waals surface area contributed by atoms with Crippen LogP contribution in [0.2, 0.25) is 0 Å². The van der Waals surface area contributed by atoms with Gasteiger partial charge in [-0.2, -0.15) is 16.1 Å². The first kappa shape index (κ1) is 16.4. The SMILES string of the molecule is CNCc1ccc(S(=O)(=O)N(C)C(C)CSC)nc1. The van der Waals surface area contributed by atoms with Crippen molar-refractivity contribution in [2.45, 2.75) is 24.5 Å². The summed E-state index contributed by atoms with van der Waals surface area (Å²) in [6.07, 6.45) is 3.55. The lowest BCUT2D eigenvalue weighted by atomic mass is 10.3. The molecule has 5 nitrogen and oxygen atoms in total. The van der Waals surface area contributed by atoms with Crippen LogP contribution in [0.15, 0.2) is 23.4 Å². The lowest BCUT2D eigenvalue weighted by Gasteiger charge is -2.23. The number of nitrogens with one attached hydrogen (secondary N) is 1. The second kappa shape index (κ2) is 7.23. The molecule has 0 aliphatic rings. The fraction of sp³-hybridized carbons (Fsp3) is 0.583. The molecule has 0 aliphatic carbocycles. The largest absolute Gasteiger partial charge is 0.316 e. The molecule has 7 heteroatoms. The van der Waals surface area contributed by atoms with Gasteiger partial charge in [-0.3, -0.25) is 0 Å². The van der Waals surface area contributed by atoms with Crippen LogP contribution in [-0.4, -0.2) is 49.9 Å². The first-order valence-electron chi connectivity index (χ1n) is 6.00. The summed E-state index contributed by atoms with van der Waals surface area (Å²) in [5.41, 5.74) is 0.960. The molecule has 1 N–H and O–H groups in total. The quantitative estimate of drug-likeness (QED) is 0.819. The minimum absolute atomic E-state index is 0.0567.